The predicted octanol–water partition coefficient (Wildman–Crippen LogP) is 3.30. The third-order valence-corrected chi connectivity index (χ3v) is 4.74. The molecule has 0 aromatic carbocycles. The monoisotopic (exact) mass is 195 g/mol. The molecule has 1 saturated heterocycles. The summed E-state index contributed by atoms with van der Waals surface area (Å²) in [4.78, 5) is 2.76. The summed E-state index contributed by atoms with van der Waals surface area (Å²) >= 11 is 0. The van der Waals surface area contributed by atoms with Crippen molar-refractivity contribution >= 4 is 0 Å². The average molecular weight is 195 g/mol. The molecule has 3 atom stereocenters. The number of hydrogen-bond acceptors (Lipinski definition) is 1. The third-order valence-electron chi connectivity index (χ3n) is 4.74. The summed E-state index contributed by atoms with van der Waals surface area (Å²) in [5.74, 6) is 1.88. The van der Waals surface area contributed by atoms with Gasteiger partial charge in [0.15, 0.2) is 0 Å². The van der Waals surface area contributed by atoms with E-state index in [0.29, 0.717) is 5.54 Å². The molecule has 1 heterocycles. The molecule has 0 radical (unpaired) electrons. The standard InChI is InChI=1S/C13H25N/c1-11-6-7-13(3,10-12(11)2)14-8-4-5-9-14/h11-12H,4-10H2,1-3H3. The highest BCUT2D eigenvalue weighted by Gasteiger charge is 2.39. The van der Waals surface area contributed by atoms with Gasteiger partial charge in [-0.05, 0) is 64.0 Å². The van der Waals surface area contributed by atoms with E-state index in [-0.39, 0.29) is 0 Å². The molecular formula is C13H25N. The van der Waals surface area contributed by atoms with Crippen LogP contribution in [0.3, 0.4) is 0 Å². The molecule has 3 unspecified atom stereocenters. The molecule has 1 aliphatic heterocycles. The summed E-state index contributed by atoms with van der Waals surface area (Å²) in [5, 5.41) is 0. The summed E-state index contributed by atoms with van der Waals surface area (Å²) in [6.07, 6.45) is 7.15. The Bertz CT molecular complexity index is 195. The van der Waals surface area contributed by atoms with Gasteiger partial charge in [0.1, 0.15) is 0 Å². The summed E-state index contributed by atoms with van der Waals surface area (Å²) in [6.45, 7) is 10.1. The van der Waals surface area contributed by atoms with Gasteiger partial charge in [-0.25, -0.2) is 0 Å². The first-order valence-corrected chi connectivity index (χ1v) is 6.37. The van der Waals surface area contributed by atoms with E-state index < -0.39 is 0 Å². The van der Waals surface area contributed by atoms with Crippen LogP contribution in [-0.2, 0) is 0 Å². The van der Waals surface area contributed by atoms with Gasteiger partial charge < -0.3 is 0 Å². The molecule has 1 aliphatic carbocycles. The zero-order chi connectivity index (χ0) is 10.2. The summed E-state index contributed by atoms with van der Waals surface area (Å²) in [5.41, 5.74) is 0.544. The maximum absolute atomic E-state index is 2.76. The first-order valence-electron chi connectivity index (χ1n) is 6.37. The Morgan fingerprint density at radius 2 is 1.71 bits per heavy atom. The van der Waals surface area contributed by atoms with Crippen LogP contribution in [0.25, 0.3) is 0 Å². The lowest BCUT2D eigenvalue weighted by atomic mass is 9.71. The van der Waals surface area contributed by atoms with Crippen LogP contribution in [0.4, 0.5) is 0 Å². The summed E-state index contributed by atoms with van der Waals surface area (Å²) < 4.78 is 0. The maximum atomic E-state index is 2.76. The number of rotatable bonds is 1. The molecule has 1 nitrogen and oxygen atoms in total. The highest BCUT2D eigenvalue weighted by atomic mass is 15.2. The van der Waals surface area contributed by atoms with Gasteiger partial charge in [-0.3, -0.25) is 4.90 Å². The largest absolute Gasteiger partial charge is 0.298 e. The number of nitrogens with zero attached hydrogens (tertiary/aromatic N) is 1. The predicted molar refractivity (Wildman–Crippen MR) is 61.4 cm³/mol. The van der Waals surface area contributed by atoms with Crippen LogP contribution in [0.15, 0.2) is 0 Å². The topological polar surface area (TPSA) is 3.24 Å². The molecule has 2 rings (SSSR count). The van der Waals surface area contributed by atoms with E-state index in [2.05, 4.69) is 25.7 Å². The lowest BCUT2D eigenvalue weighted by molar-refractivity contribution is 0.0470. The van der Waals surface area contributed by atoms with Crippen LogP contribution < -0.4 is 0 Å². The molecule has 0 N–H and O–H groups in total. The maximum Gasteiger partial charge on any atom is 0.0184 e. The van der Waals surface area contributed by atoms with Gasteiger partial charge in [0.2, 0.25) is 0 Å². The fraction of sp³-hybridized carbons (Fsp3) is 1.00. The first kappa shape index (κ1) is 10.5. The SMILES string of the molecule is CC1CCC(C)(N2CCCC2)CC1C. The fourth-order valence-electron chi connectivity index (χ4n) is 3.36. The molecule has 14 heavy (non-hydrogen) atoms. The molecule has 0 aromatic heterocycles. The highest BCUT2D eigenvalue weighted by molar-refractivity contribution is 4.94. The molecule has 0 bridgehead atoms. The highest BCUT2D eigenvalue weighted by Crippen LogP contribution is 2.40. The lowest BCUT2D eigenvalue weighted by Gasteiger charge is -2.46. The van der Waals surface area contributed by atoms with Crippen LogP contribution in [0.5, 0.6) is 0 Å². The third kappa shape index (κ3) is 1.84. The van der Waals surface area contributed by atoms with E-state index in [1.165, 1.54) is 45.2 Å². The van der Waals surface area contributed by atoms with E-state index in [9.17, 15) is 0 Å². The fourth-order valence-corrected chi connectivity index (χ4v) is 3.36. The summed E-state index contributed by atoms with van der Waals surface area (Å²) in [6, 6.07) is 0. The van der Waals surface area contributed by atoms with E-state index in [1.54, 1.807) is 0 Å². The van der Waals surface area contributed by atoms with Crippen molar-refractivity contribution in [3.63, 3.8) is 0 Å². The number of likely N-dealkylation sites (tertiary alicyclic amines) is 1. The van der Waals surface area contributed by atoms with E-state index in [0.717, 1.165) is 11.8 Å². The van der Waals surface area contributed by atoms with E-state index in [4.69, 9.17) is 0 Å². The van der Waals surface area contributed by atoms with E-state index in [1.807, 2.05) is 0 Å². The molecule has 0 aromatic rings. The van der Waals surface area contributed by atoms with Crippen molar-refractivity contribution in [1.82, 2.24) is 4.90 Å². The molecule has 0 spiro atoms. The molecule has 2 fully saturated rings. The quantitative estimate of drug-likeness (QED) is 0.620. The van der Waals surface area contributed by atoms with Gasteiger partial charge in [-0.15, -0.1) is 0 Å². The van der Waals surface area contributed by atoms with Crippen molar-refractivity contribution in [3.05, 3.63) is 0 Å². The van der Waals surface area contributed by atoms with Crippen molar-refractivity contribution in [2.45, 2.75) is 58.4 Å². The normalized spacial score (nSPS) is 45.6. The Labute approximate surface area is 88.9 Å². The van der Waals surface area contributed by atoms with Gasteiger partial charge in [0, 0.05) is 5.54 Å². The molecular weight excluding hydrogens is 170 g/mol. The van der Waals surface area contributed by atoms with Crippen LogP contribution >= 0.6 is 0 Å². The Kier molecular flexibility index (Phi) is 2.88. The lowest BCUT2D eigenvalue weighted by Crippen LogP contribution is -2.49. The second-order valence-electron chi connectivity index (χ2n) is 5.89. The molecule has 1 heteroatoms. The second-order valence-corrected chi connectivity index (χ2v) is 5.89. The molecule has 2 aliphatic rings. The van der Waals surface area contributed by atoms with Gasteiger partial charge in [0.25, 0.3) is 0 Å². The minimum absolute atomic E-state index is 0.544. The minimum Gasteiger partial charge on any atom is -0.298 e. The van der Waals surface area contributed by atoms with Gasteiger partial charge in [0.05, 0.1) is 0 Å². The smallest absolute Gasteiger partial charge is 0.0184 e. The Morgan fingerprint density at radius 1 is 1.07 bits per heavy atom. The van der Waals surface area contributed by atoms with Crippen molar-refractivity contribution in [2.24, 2.45) is 11.8 Å². The first-order chi connectivity index (χ1) is 6.62. The average Bonchev–Trinajstić information content (AvgIpc) is 2.65. The van der Waals surface area contributed by atoms with Crippen molar-refractivity contribution in [3.8, 4) is 0 Å². The zero-order valence-electron chi connectivity index (χ0n) is 10.1. The van der Waals surface area contributed by atoms with Gasteiger partial charge in [-0.1, -0.05) is 13.8 Å². The van der Waals surface area contributed by atoms with Crippen LogP contribution in [0.2, 0.25) is 0 Å². The van der Waals surface area contributed by atoms with Crippen molar-refractivity contribution < 1.29 is 0 Å². The molecule has 82 valence electrons. The number of hydrogen-bond donors (Lipinski definition) is 0. The van der Waals surface area contributed by atoms with Crippen molar-refractivity contribution in [1.29, 1.82) is 0 Å². The Hall–Kier alpha value is -0.0400. The molecule has 0 amide bonds. The summed E-state index contributed by atoms with van der Waals surface area (Å²) in [7, 11) is 0. The Morgan fingerprint density at radius 3 is 2.29 bits per heavy atom. The second kappa shape index (κ2) is 3.84. The minimum atomic E-state index is 0.544. The van der Waals surface area contributed by atoms with E-state index >= 15 is 0 Å². The zero-order valence-corrected chi connectivity index (χ0v) is 10.1. The van der Waals surface area contributed by atoms with Crippen LogP contribution in [0, 0.1) is 11.8 Å². The van der Waals surface area contributed by atoms with Gasteiger partial charge >= 0.3 is 0 Å². The Balaban J connectivity index is 2.01. The molecule has 1 saturated carbocycles. The van der Waals surface area contributed by atoms with Gasteiger partial charge in [-0.2, -0.15) is 0 Å². The van der Waals surface area contributed by atoms with Crippen molar-refractivity contribution in [2.75, 3.05) is 13.1 Å². The van der Waals surface area contributed by atoms with Crippen LogP contribution in [0.1, 0.15) is 52.9 Å². The van der Waals surface area contributed by atoms with Crippen LogP contribution in [-0.4, -0.2) is 23.5 Å².